The highest BCUT2D eigenvalue weighted by atomic mass is 79.9. The highest BCUT2D eigenvalue weighted by Crippen LogP contribution is 2.32. The Hall–Kier alpha value is -2.45. The molecule has 2 aromatic heterocycles. The number of methoxy groups -OCH3 is 1. The fraction of sp³-hybridized carbons (Fsp3) is 0.0625. The summed E-state index contributed by atoms with van der Waals surface area (Å²) in [5, 5.41) is 7.21. The molecule has 0 fully saturated rings. The van der Waals surface area contributed by atoms with Gasteiger partial charge in [-0.2, -0.15) is 0 Å². The zero-order chi connectivity index (χ0) is 17.1. The van der Waals surface area contributed by atoms with Crippen LogP contribution in [0.15, 0.2) is 46.5 Å². The lowest BCUT2D eigenvalue weighted by atomic mass is 10.1. The first kappa shape index (κ1) is 16.4. The summed E-state index contributed by atoms with van der Waals surface area (Å²) in [5.74, 6) is -0.507. The van der Waals surface area contributed by atoms with Crippen molar-refractivity contribution in [3.05, 3.63) is 51.4 Å². The molecule has 0 bridgehead atoms. The van der Waals surface area contributed by atoms with E-state index in [9.17, 15) is 9.59 Å². The average Bonchev–Trinajstić information content (AvgIpc) is 2.94. The number of halogens is 1. The van der Waals surface area contributed by atoms with Gasteiger partial charge in [-0.25, -0.2) is 9.59 Å². The van der Waals surface area contributed by atoms with Crippen molar-refractivity contribution in [3.63, 3.8) is 0 Å². The molecular weight excluding hydrogens is 394 g/mol. The summed E-state index contributed by atoms with van der Waals surface area (Å²) in [4.78, 5) is 28.5. The number of thiophene rings is 1. The summed E-state index contributed by atoms with van der Waals surface area (Å²) in [6.45, 7) is 0. The number of fused-ring (bicyclic) bond motifs is 1. The van der Waals surface area contributed by atoms with Crippen molar-refractivity contribution in [2.45, 2.75) is 0 Å². The molecule has 0 spiro atoms. The van der Waals surface area contributed by atoms with E-state index in [-0.39, 0.29) is 0 Å². The third-order valence-electron chi connectivity index (χ3n) is 3.24. The second-order valence-corrected chi connectivity index (χ2v) is 7.20. The van der Waals surface area contributed by atoms with Gasteiger partial charge in [0.05, 0.1) is 28.5 Å². The topological polar surface area (TPSA) is 80.3 Å². The number of esters is 1. The molecule has 0 aliphatic carbocycles. The molecule has 0 aliphatic heterocycles. The van der Waals surface area contributed by atoms with E-state index in [2.05, 4.69) is 31.5 Å². The molecule has 122 valence electrons. The van der Waals surface area contributed by atoms with Crippen molar-refractivity contribution in [2.75, 3.05) is 17.7 Å². The summed E-state index contributed by atoms with van der Waals surface area (Å²) in [6, 6.07) is 8.78. The number of carbonyl (C=O) groups is 2. The lowest BCUT2D eigenvalue weighted by molar-refractivity contribution is 0.0607. The monoisotopic (exact) mass is 405 g/mol. The van der Waals surface area contributed by atoms with E-state index in [4.69, 9.17) is 4.74 Å². The third-order valence-corrected chi connectivity index (χ3v) is 4.86. The number of amides is 2. The Morgan fingerprint density at radius 1 is 1.17 bits per heavy atom. The summed E-state index contributed by atoms with van der Waals surface area (Å²) in [6.07, 6.45) is 3.30. The lowest BCUT2D eigenvalue weighted by Crippen LogP contribution is -2.20. The second-order valence-electron chi connectivity index (χ2n) is 4.77. The van der Waals surface area contributed by atoms with Gasteiger partial charge in [-0.15, -0.1) is 11.3 Å². The van der Waals surface area contributed by atoms with Crippen LogP contribution in [0.2, 0.25) is 0 Å². The number of hydrogen-bond acceptors (Lipinski definition) is 5. The van der Waals surface area contributed by atoms with Gasteiger partial charge in [0.1, 0.15) is 4.88 Å². The summed E-state index contributed by atoms with van der Waals surface area (Å²) in [7, 11) is 1.29. The maximum Gasteiger partial charge on any atom is 0.350 e. The highest BCUT2D eigenvalue weighted by Gasteiger charge is 2.18. The molecule has 0 saturated carbocycles. The van der Waals surface area contributed by atoms with Crippen LogP contribution in [0.5, 0.6) is 0 Å². The molecular formula is C16H12BrN3O3S. The Morgan fingerprint density at radius 2 is 1.92 bits per heavy atom. The molecule has 0 saturated heterocycles. The molecule has 1 aromatic carbocycles. The largest absolute Gasteiger partial charge is 0.465 e. The predicted octanol–water partition coefficient (Wildman–Crippen LogP) is 4.49. The van der Waals surface area contributed by atoms with Crippen LogP contribution in [0.4, 0.5) is 16.2 Å². The second kappa shape index (κ2) is 6.98. The van der Waals surface area contributed by atoms with Crippen molar-refractivity contribution >= 4 is 61.4 Å². The smallest absolute Gasteiger partial charge is 0.350 e. The van der Waals surface area contributed by atoms with Crippen LogP contribution in [0.25, 0.3) is 10.8 Å². The molecule has 0 atom stereocenters. The number of pyridine rings is 1. The first-order valence-corrected chi connectivity index (χ1v) is 8.48. The van der Waals surface area contributed by atoms with Gasteiger partial charge >= 0.3 is 12.0 Å². The van der Waals surface area contributed by atoms with Gasteiger partial charge in [0.25, 0.3) is 0 Å². The zero-order valence-electron chi connectivity index (χ0n) is 12.5. The van der Waals surface area contributed by atoms with Gasteiger partial charge in [0.15, 0.2) is 0 Å². The molecule has 3 rings (SSSR count). The number of anilines is 2. The SMILES string of the molecule is COC(=O)c1sc(Br)cc1NC(=O)Nc1cncc2ccccc12. The molecule has 24 heavy (non-hydrogen) atoms. The lowest BCUT2D eigenvalue weighted by Gasteiger charge is -2.09. The molecule has 2 amide bonds. The molecule has 2 heterocycles. The molecule has 0 radical (unpaired) electrons. The number of carbonyl (C=O) groups excluding carboxylic acids is 2. The van der Waals surface area contributed by atoms with Gasteiger partial charge in [-0.05, 0) is 22.0 Å². The standard InChI is InChI=1S/C16H12BrN3O3S/c1-23-15(21)14-11(6-13(17)24-14)19-16(22)20-12-8-18-7-9-4-2-3-5-10(9)12/h2-8H,1H3,(H2,19,20,22). The summed E-state index contributed by atoms with van der Waals surface area (Å²) >= 11 is 4.48. The number of nitrogens with one attached hydrogen (secondary N) is 2. The van der Waals surface area contributed by atoms with Crippen LogP contribution < -0.4 is 10.6 Å². The minimum Gasteiger partial charge on any atom is -0.465 e. The van der Waals surface area contributed by atoms with E-state index in [1.165, 1.54) is 18.4 Å². The first-order chi connectivity index (χ1) is 11.6. The van der Waals surface area contributed by atoms with Crippen LogP contribution in [-0.2, 0) is 4.74 Å². The fourth-order valence-electron chi connectivity index (χ4n) is 2.19. The maximum absolute atomic E-state index is 12.3. The molecule has 8 heteroatoms. The molecule has 0 unspecified atom stereocenters. The van der Waals surface area contributed by atoms with Crippen molar-refractivity contribution in [3.8, 4) is 0 Å². The fourth-order valence-corrected chi connectivity index (χ4v) is 3.66. The van der Waals surface area contributed by atoms with E-state index >= 15 is 0 Å². The van der Waals surface area contributed by atoms with E-state index in [1.807, 2.05) is 24.3 Å². The Kier molecular flexibility index (Phi) is 4.77. The van der Waals surface area contributed by atoms with Crippen molar-refractivity contribution < 1.29 is 14.3 Å². The van der Waals surface area contributed by atoms with Crippen LogP contribution >= 0.6 is 27.3 Å². The van der Waals surface area contributed by atoms with Crippen molar-refractivity contribution in [1.29, 1.82) is 0 Å². The Labute approximate surface area is 150 Å². The molecule has 6 nitrogen and oxygen atoms in total. The van der Waals surface area contributed by atoms with Gasteiger partial charge in [-0.1, -0.05) is 24.3 Å². The number of ether oxygens (including phenoxy) is 1. The first-order valence-electron chi connectivity index (χ1n) is 6.87. The number of rotatable bonds is 3. The number of aromatic nitrogens is 1. The van der Waals surface area contributed by atoms with Crippen LogP contribution in [0, 0.1) is 0 Å². The Balaban J connectivity index is 1.82. The summed E-state index contributed by atoms with van der Waals surface area (Å²) < 4.78 is 5.43. The number of nitrogens with zero attached hydrogens (tertiary/aromatic N) is 1. The number of urea groups is 1. The third kappa shape index (κ3) is 3.39. The quantitative estimate of drug-likeness (QED) is 0.629. The van der Waals surface area contributed by atoms with Crippen molar-refractivity contribution in [2.24, 2.45) is 0 Å². The Bertz CT molecular complexity index is 921. The number of hydrogen-bond donors (Lipinski definition) is 2. The van der Waals surface area contributed by atoms with Gasteiger partial charge in [0, 0.05) is 17.0 Å². The highest BCUT2D eigenvalue weighted by molar-refractivity contribution is 9.11. The minimum absolute atomic E-state index is 0.315. The molecule has 2 N–H and O–H groups in total. The van der Waals surface area contributed by atoms with E-state index in [0.29, 0.717) is 20.0 Å². The summed E-state index contributed by atoms with van der Waals surface area (Å²) in [5.41, 5.74) is 0.962. The van der Waals surface area contributed by atoms with Gasteiger partial charge in [-0.3, -0.25) is 4.98 Å². The zero-order valence-corrected chi connectivity index (χ0v) is 14.9. The van der Waals surface area contributed by atoms with E-state index in [1.54, 1.807) is 18.5 Å². The van der Waals surface area contributed by atoms with Gasteiger partial charge < -0.3 is 15.4 Å². The van der Waals surface area contributed by atoms with Crippen LogP contribution in [0.3, 0.4) is 0 Å². The molecule has 0 aliphatic rings. The predicted molar refractivity (Wildman–Crippen MR) is 97.7 cm³/mol. The van der Waals surface area contributed by atoms with Crippen molar-refractivity contribution in [1.82, 2.24) is 4.98 Å². The average molecular weight is 406 g/mol. The van der Waals surface area contributed by atoms with Crippen LogP contribution in [0.1, 0.15) is 9.67 Å². The Morgan fingerprint density at radius 3 is 2.71 bits per heavy atom. The normalized spacial score (nSPS) is 10.4. The van der Waals surface area contributed by atoms with E-state index < -0.39 is 12.0 Å². The van der Waals surface area contributed by atoms with Gasteiger partial charge in [0.2, 0.25) is 0 Å². The molecule has 3 aromatic rings. The van der Waals surface area contributed by atoms with E-state index in [0.717, 1.165) is 10.8 Å². The maximum atomic E-state index is 12.3. The van der Waals surface area contributed by atoms with Crippen LogP contribution in [-0.4, -0.2) is 24.1 Å². The number of benzene rings is 1. The minimum atomic E-state index is -0.507.